The summed E-state index contributed by atoms with van der Waals surface area (Å²) in [5.41, 5.74) is 2.35. The van der Waals surface area contributed by atoms with Crippen molar-refractivity contribution in [3.63, 3.8) is 0 Å². The number of ether oxygens (including phenoxy) is 2. The van der Waals surface area contributed by atoms with Crippen LogP contribution in [0.25, 0.3) is 22.2 Å². The largest absolute Gasteiger partial charge is 0.496 e. The second kappa shape index (κ2) is 7.04. The van der Waals surface area contributed by atoms with E-state index in [1.165, 1.54) is 24.1 Å². The highest BCUT2D eigenvalue weighted by Crippen LogP contribution is 2.37. The van der Waals surface area contributed by atoms with Gasteiger partial charge in [0.05, 0.1) is 25.8 Å². The third-order valence-electron chi connectivity index (χ3n) is 5.30. The first-order chi connectivity index (χ1) is 13.8. The molecular weight excluding hydrogens is 377 g/mol. The number of nitrogens with one attached hydrogen (secondary N) is 1. The van der Waals surface area contributed by atoms with Crippen molar-refractivity contribution < 1.29 is 23.8 Å². The van der Waals surface area contributed by atoms with Crippen molar-refractivity contribution in [2.75, 3.05) is 20.3 Å². The van der Waals surface area contributed by atoms with E-state index < -0.39 is 17.7 Å². The van der Waals surface area contributed by atoms with Crippen LogP contribution >= 0.6 is 0 Å². The van der Waals surface area contributed by atoms with Crippen molar-refractivity contribution in [2.45, 2.75) is 25.5 Å². The molecule has 152 valence electrons. The van der Waals surface area contributed by atoms with Gasteiger partial charge in [-0.3, -0.25) is 4.90 Å². The van der Waals surface area contributed by atoms with Gasteiger partial charge in [-0.1, -0.05) is 0 Å². The number of halogens is 1. The Bertz CT molecular complexity index is 1080. The van der Waals surface area contributed by atoms with Crippen LogP contribution in [0, 0.1) is 5.82 Å². The number of rotatable bonds is 3. The number of amides is 1. The number of morpholine rings is 1. The average molecular weight is 399 g/mol. The minimum Gasteiger partial charge on any atom is -0.496 e. The number of carboxylic acid groups (broad SMARTS) is 1. The molecular formula is C21H22FN3O4. The van der Waals surface area contributed by atoms with E-state index in [9.17, 15) is 14.3 Å². The average Bonchev–Trinajstić information content (AvgIpc) is 3.11. The molecule has 0 bridgehead atoms. The molecule has 2 aromatic heterocycles. The number of methoxy groups -OCH3 is 1. The highest BCUT2D eigenvalue weighted by Gasteiger charge is 2.39. The van der Waals surface area contributed by atoms with Crippen LogP contribution < -0.4 is 4.74 Å². The summed E-state index contributed by atoms with van der Waals surface area (Å²) in [5.74, 6) is 0.0469. The van der Waals surface area contributed by atoms with Gasteiger partial charge >= 0.3 is 6.09 Å². The van der Waals surface area contributed by atoms with Gasteiger partial charge in [-0.25, -0.2) is 14.2 Å². The van der Waals surface area contributed by atoms with E-state index >= 15 is 0 Å². The number of benzene rings is 1. The molecule has 4 rings (SSSR count). The molecule has 1 unspecified atom stereocenters. The topological polar surface area (TPSA) is 87.7 Å². The molecule has 1 fully saturated rings. The lowest BCUT2D eigenvalue weighted by Crippen LogP contribution is -2.55. The summed E-state index contributed by atoms with van der Waals surface area (Å²) in [5, 5.41) is 10.4. The van der Waals surface area contributed by atoms with E-state index in [0.717, 1.165) is 22.2 Å². The van der Waals surface area contributed by atoms with Gasteiger partial charge in [0.1, 0.15) is 23.3 Å². The van der Waals surface area contributed by atoms with Gasteiger partial charge in [-0.15, -0.1) is 0 Å². The maximum atomic E-state index is 13.6. The predicted molar refractivity (Wildman–Crippen MR) is 106 cm³/mol. The SMILES string of the molecule is COc1cc(F)ccc1-c1ccnc2[nH]c(C3CN(C(=O)O)C(C)(C)CO3)cc12. The summed E-state index contributed by atoms with van der Waals surface area (Å²) < 4.78 is 24.9. The molecule has 3 aromatic rings. The molecule has 2 N–H and O–H groups in total. The molecule has 1 saturated heterocycles. The Hall–Kier alpha value is -3.13. The van der Waals surface area contributed by atoms with Crippen molar-refractivity contribution in [3.8, 4) is 16.9 Å². The lowest BCUT2D eigenvalue weighted by molar-refractivity contribution is -0.0889. The number of aromatic nitrogens is 2. The van der Waals surface area contributed by atoms with Crippen molar-refractivity contribution in [3.05, 3.63) is 48.0 Å². The van der Waals surface area contributed by atoms with E-state index in [1.54, 1.807) is 12.3 Å². The first-order valence-corrected chi connectivity index (χ1v) is 9.24. The lowest BCUT2D eigenvalue weighted by Gasteiger charge is -2.43. The molecule has 1 atom stereocenters. The molecule has 1 aliphatic heterocycles. The second-order valence-corrected chi connectivity index (χ2v) is 7.70. The summed E-state index contributed by atoms with van der Waals surface area (Å²) >= 11 is 0. The van der Waals surface area contributed by atoms with Crippen LogP contribution in [0.2, 0.25) is 0 Å². The number of pyridine rings is 1. The quantitative estimate of drug-likeness (QED) is 0.689. The molecule has 1 aromatic carbocycles. The van der Waals surface area contributed by atoms with Crippen LogP contribution in [0.5, 0.6) is 5.75 Å². The smallest absolute Gasteiger partial charge is 0.407 e. The zero-order chi connectivity index (χ0) is 20.8. The zero-order valence-corrected chi connectivity index (χ0v) is 16.4. The lowest BCUT2D eigenvalue weighted by atomic mass is 10.00. The minimum atomic E-state index is -0.978. The Morgan fingerprint density at radius 3 is 2.86 bits per heavy atom. The molecule has 0 radical (unpaired) electrons. The van der Waals surface area contributed by atoms with E-state index in [-0.39, 0.29) is 19.0 Å². The molecule has 0 saturated carbocycles. The standard InChI is InChI=1S/C21H22FN3O4/c1-21(2)11-29-18(10-25(21)20(26)27)16-9-15-13(6-7-23-19(15)24-16)14-5-4-12(22)8-17(14)28-3/h4-9,18H,10-11H2,1-3H3,(H,23,24)(H,26,27). The Kier molecular flexibility index (Phi) is 4.66. The third-order valence-corrected chi connectivity index (χ3v) is 5.30. The fourth-order valence-corrected chi connectivity index (χ4v) is 3.72. The number of hydrogen-bond donors (Lipinski definition) is 2. The molecule has 7 nitrogen and oxygen atoms in total. The van der Waals surface area contributed by atoms with Gasteiger partial charge in [0, 0.05) is 28.9 Å². The van der Waals surface area contributed by atoms with Crippen LogP contribution in [0.1, 0.15) is 25.6 Å². The van der Waals surface area contributed by atoms with Crippen LogP contribution in [0.4, 0.5) is 9.18 Å². The van der Waals surface area contributed by atoms with Crippen LogP contribution in [0.15, 0.2) is 36.5 Å². The molecule has 0 spiro atoms. The Balaban J connectivity index is 1.75. The number of H-pyrrole nitrogens is 1. The maximum absolute atomic E-state index is 13.6. The van der Waals surface area contributed by atoms with E-state index in [2.05, 4.69) is 9.97 Å². The highest BCUT2D eigenvalue weighted by atomic mass is 19.1. The monoisotopic (exact) mass is 399 g/mol. The van der Waals surface area contributed by atoms with Crippen molar-refractivity contribution in [2.24, 2.45) is 0 Å². The maximum Gasteiger partial charge on any atom is 0.407 e. The van der Waals surface area contributed by atoms with Gasteiger partial charge in [0.2, 0.25) is 0 Å². The molecule has 0 aliphatic carbocycles. The molecule has 29 heavy (non-hydrogen) atoms. The second-order valence-electron chi connectivity index (χ2n) is 7.70. The number of carbonyl (C=O) groups is 1. The van der Waals surface area contributed by atoms with Gasteiger partial charge in [0.25, 0.3) is 0 Å². The Morgan fingerprint density at radius 1 is 1.34 bits per heavy atom. The van der Waals surface area contributed by atoms with Gasteiger partial charge in [-0.05, 0) is 43.7 Å². The van der Waals surface area contributed by atoms with Crippen molar-refractivity contribution in [1.82, 2.24) is 14.9 Å². The Morgan fingerprint density at radius 2 is 2.14 bits per heavy atom. The van der Waals surface area contributed by atoms with Gasteiger partial charge in [-0.2, -0.15) is 0 Å². The summed E-state index contributed by atoms with van der Waals surface area (Å²) in [4.78, 5) is 20.7. The van der Waals surface area contributed by atoms with Crippen LogP contribution in [0.3, 0.4) is 0 Å². The number of hydrogen-bond acceptors (Lipinski definition) is 4. The summed E-state index contributed by atoms with van der Waals surface area (Å²) in [6.07, 6.45) is 0.250. The normalized spacial score (nSPS) is 18.8. The van der Waals surface area contributed by atoms with Crippen LogP contribution in [-0.2, 0) is 4.74 Å². The van der Waals surface area contributed by atoms with Gasteiger partial charge in [0.15, 0.2) is 0 Å². The minimum absolute atomic E-state index is 0.213. The predicted octanol–water partition coefficient (Wildman–Crippen LogP) is 4.21. The highest BCUT2D eigenvalue weighted by molar-refractivity contribution is 5.95. The number of nitrogens with zero attached hydrogens (tertiary/aromatic N) is 2. The number of fused-ring (bicyclic) bond motifs is 1. The molecule has 8 heteroatoms. The first-order valence-electron chi connectivity index (χ1n) is 9.24. The summed E-state index contributed by atoms with van der Waals surface area (Å²) in [7, 11) is 1.50. The Labute approximate surface area is 167 Å². The van der Waals surface area contributed by atoms with Crippen molar-refractivity contribution >= 4 is 17.1 Å². The molecule has 1 aliphatic rings. The zero-order valence-electron chi connectivity index (χ0n) is 16.4. The van der Waals surface area contributed by atoms with E-state index in [0.29, 0.717) is 11.4 Å². The van der Waals surface area contributed by atoms with E-state index in [1.807, 2.05) is 26.0 Å². The van der Waals surface area contributed by atoms with E-state index in [4.69, 9.17) is 9.47 Å². The summed E-state index contributed by atoms with van der Waals surface area (Å²) in [6, 6.07) is 8.13. The van der Waals surface area contributed by atoms with Crippen molar-refractivity contribution in [1.29, 1.82) is 0 Å². The fraction of sp³-hybridized carbons (Fsp3) is 0.333. The first kappa shape index (κ1) is 19.2. The van der Waals surface area contributed by atoms with Gasteiger partial charge < -0.3 is 19.6 Å². The molecule has 3 heterocycles. The fourth-order valence-electron chi connectivity index (χ4n) is 3.72. The summed E-state index contributed by atoms with van der Waals surface area (Å²) in [6.45, 7) is 4.17. The number of aromatic amines is 1. The van der Waals surface area contributed by atoms with Crippen LogP contribution in [-0.4, -0.2) is 51.9 Å². The molecule has 1 amide bonds. The third kappa shape index (κ3) is 3.40.